The molecule has 1 N–H and O–H groups in total. The van der Waals surface area contributed by atoms with Crippen molar-refractivity contribution in [2.24, 2.45) is 0 Å². The Balaban J connectivity index is 1.99. The van der Waals surface area contributed by atoms with Crippen molar-refractivity contribution in [1.29, 1.82) is 5.26 Å². The van der Waals surface area contributed by atoms with Gasteiger partial charge >= 0.3 is 0 Å². The molecule has 1 aromatic heterocycles. The Hall–Kier alpha value is -2.33. The van der Waals surface area contributed by atoms with E-state index in [0.717, 1.165) is 23.1 Å². The van der Waals surface area contributed by atoms with Crippen LogP contribution in [-0.2, 0) is 6.61 Å². The van der Waals surface area contributed by atoms with Crippen molar-refractivity contribution in [1.82, 2.24) is 10.2 Å². The molecule has 0 atom stereocenters. The molecular formula is C14H16N4O2S. The van der Waals surface area contributed by atoms with Crippen LogP contribution in [0, 0.1) is 11.3 Å². The second-order valence-corrected chi connectivity index (χ2v) is 5.26. The lowest BCUT2D eigenvalue weighted by atomic mass is 10.2. The maximum absolute atomic E-state index is 8.86. The van der Waals surface area contributed by atoms with Crippen molar-refractivity contribution in [2.45, 2.75) is 20.0 Å². The van der Waals surface area contributed by atoms with Gasteiger partial charge in [0.15, 0.2) is 16.5 Å². The molecule has 0 aliphatic carbocycles. The Kier molecular flexibility index (Phi) is 5.35. The molecule has 21 heavy (non-hydrogen) atoms. The number of aromatic nitrogens is 2. The predicted molar refractivity (Wildman–Crippen MR) is 80.7 cm³/mol. The van der Waals surface area contributed by atoms with Crippen molar-refractivity contribution in [3.63, 3.8) is 0 Å². The average molecular weight is 304 g/mol. The highest BCUT2D eigenvalue weighted by molar-refractivity contribution is 7.15. The average Bonchev–Trinajstić information content (AvgIpc) is 2.98. The number of nitriles is 1. The number of nitrogens with one attached hydrogen (secondary N) is 1. The quantitative estimate of drug-likeness (QED) is 0.847. The molecule has 110 valence electrons. The van der Waals surface area contributed by atoms with Crippen molar-refractivity contribution >= 4 is 16.5 Å². The van der Waals surface area contributed by atoms with Gasteiger partial charge in [0.05, 0.1) is 18.7 Å². The molecular weight excluding hydrogens is 288 g/mol. The smallest absolute Gasteiger partial charge is 0.205 e. The summed E-state index contributed by atoms with van der Waals surface area (Å²) in [5.41, 5.74) is 0.529. The highest BCUT2D eigenvalue weighted by atomic mass is 32.1. The van der Waals surface area contributed by atoms with Crippen LogP contribution in [0.15, 0.2) is 18.2 Å². The minimum absolute atomic E-state index is 0.313. The third kappa shape index (κ3) is 4.07. The summed E-state index contributed by atoms with van der Waals surface area (Å²) >= 11 is 1.46. The van der Waals surface area contributed by atoms with Crippen molar-refractivity contribution in [3.8, 4) is 17.6 Å². The third-order valence-corrected chi connectivity index (χ3v) is 3.49. The zero-order valence-electron chi connectivity index (χ0n) is 11.9. The standard InChI is InChI=1S/C14H16N4O2S/c1-3-6-16-14-18-17-13(21-14)9-20-11-5-4-10(8-15)7-12(11)19-2/h4-5,7H,3,6,9H2,1-2H3,(H,16,18). The summed E-state index contributed by atoms with van der Waals surface area (Å²) in [6.45, 7) is 3.28. The van der Waals surface area contributed by atoms with E-state index in [1.165, 1.54) is 11.3 Å². The van der Waals surface area contributed by atoms with E-state index < -0.39 is 0 Å². The maximum atomic E-state index is 8.86. The zero-order valence-corrected chi connectivity index (χ0v) is 12.7. The van der Waals surface area contributed by atoms with Crippen LogP contribution in [0.5, 0.6) is 11.5 Å². The molecule has 0 bridgehead atoms. The molecule has 0 aliphatic rings. The van der Waals surface area contributed by atoms with Gasteiger partial charge < -0.3 is 14.8 Å². The van der Waals surface area contributed by atoms with E-state index in [1.807, 2.05) is 0 Å². The summed E-state index contributed by atoms with van der Waals surface area (Å²) in [5, 5.41) is 21.7. The Morgan fingerprint density at radius 2 is 2.19 bits per heavy atom. The minimum atomic E-state index is 0.313. The van der Waals surface area contributed by atoms with Gasteiger partial charge in [-0.1, -0.05) is 18.3 Å². The highest BCUT2D eigenvalue weighted by Crippen LogP contribution is 2.29. The van der Waals surface area contributed by atoms with Gasteiger partial charge in [0.25, 0.3) is 0 Å². The molecule has 2 rings (SSSR count). The topological polar surface area (TPSA) is 80.1 Å². The van der Waals surface area contributed by atoms with Crippen LogP contribution < -0.4 is 14.8 Å². The van der Waals surface area contributed by atoms with E-state index >= 15 is 0 Å². The van der Waals surface area contributed by atoms with Gasteiger partial charge in [-0.05, 0) is 18.6 Å². The van der Waals surface area contributed by atoms with Crippen LogP contribution in [0.3, 0.4) is 0 Å². The molecule has 0 saturated carbocycles. The fourth-order valence-electron chi connectivity index (χ4n) is 1.61. The number of nitrogens with zero attached hydrogens (tertiary/aromatic N) is 3. The molecule has 0 unspecified atom stereocenters. The first-order valence-electron chi connectivity index (χ1n) is 6.54. The Bertz CT molecular complexity index is 636. The first-order chi connectivity index (χ1) is 10.3. The number of methoxy groups -OCH3 is 1. The van der Waals surface area contributed by atoms with E-state index in [1.54, 1.807) is 25.3 Å². The largest absolute Gasteiger partial charge is 0.493 e. The van der Waals surface area contributed by atoms with Crippen molar-refractivity contribution < 1.29 is 9.47 Å². The maximum Gasteiger partial charge on any atom is 0.205 e. The lowest BCUT2D eigenvalue weighted by Crippen LogP contribution is -1.98. The third-order valence-electron chi connectivity index (χ3n) is 2.64. The summed E-state index contributed by atoms with van der Waals surface area (Å²) in [4.78, 5) is 0. The Labute approximate surface area is 127 Å². The predicted octanol–water partition coefficient (Wildman–Crippen LogP) is 2.82. The van der Waals surface area contributed by atoms with E-state index in [-0.39, 0.29) is 0 Å². The van der Waals surface area contributed by atoms with Gasteiger partial charge in [0.1, 0.15) is 6.61 Å². The summed E-state index contributed by atoms with van der Waals surface area (Å²) in [6.07, 6.45) is 1.04. The normalized spacial score (nSPS) is 9.95. The summed E-state index contributed by atoms with van der Waals surface area (Å²) < 4.78 is 10.9. The van der Waals surface area contributed by atoms with Crippen LogP contribution in [0.1, 0.15) is 23.9 Å². The summed E-state index contributed by atoms with van der Waals surface area (Å²) in [7, 11) is 1.54. The second-order valence-electron chi connectivity index (χ2n) is 4.19. The van der Waals surface area contributed by atoms with Gasteiger partial charge in [-0.25, -0.2) is 0 Å². The molecule has 1 aromatic carbocycles. The van der Waals surface area contributed by atoms with Crippen molar-refractivity contribution in [3.05, 3.63) is 28.8 Å². The van der Waals surface area contributed by atoms with Crippen LogP contribution in [-0.4, -0.2) is 23.9 Å². The number of hydrogen-bond acceptors (Lipinski definition) is 7. The molecule has 0 radical (unpaired) electrons. The molecule has 0 aliphatic heterocycles. The Morgan fingerprint density at radius 1 is 1.33 bits per heavy atom. The van der Waals surface area contributed by atoms with Crippen LogP contribution in [0.25, 0.3) is 0 Å². The molecule has 0 spiro atoms. The SMILES string of the molecule is CCCNc1nnc(COc2ccc(C#N)cc2OC)s1. The molecule has 7 heteroatoms. The number of anilines is 1. The van der Waals surface area contributed by atoms with E-state index in [4.69, 9.17) is 14.7 Å². The number of ether oxygens (including phenoxy) is 2. The number of rotatable bonds is 7. The Morgan fingerprint density at radius 3 is 2.90 bits per heavy atom. The van der Waals surface area contributed by atoms with Gasteiger partial charge in [0, 0.05) is 12.6 Å². The van der Waals surface area contributed by atoms with E-state index in [2.05, 4.69) is 28.5 Å². The van der Waals surface area contributed by atoms with Gasteiger partial charge in [-0.2, -0.15) is 5.26 Å². The number of hydrogen-bond donors (Lipinski definition) is 1. The van der Waals surface area contributed by atoms with Crippen molar-refractivity contribution in [2.75, 3.05) is 19.0 Å². The fraction of sp³-hybridized carbons (Fsp3) is 0.357. The summed E-state index contributed by atoms with van der Waals surface area (Å²) in [5.74, 6) is 1.11. The monoisotopic (exact) mass is 304 g/mol. The van der Waals surface area contributed by atoms with Crippen LogP contribution in [0.2, 0.25) is 0 Å². The van der Waals surface area contributed by atoms with Gasteiger partial charge in [-0.3, -0.25) is 0 Å². The van der Waals surface area contributed by atoms with Gasteiger partial charge in [0.2, 0.25) is 5.13 Å². The molecule has 1 heterocycles. The van der Waals surface area contributed by atoms with Crippen LogP contribution in [0.4, 0.5) is 5.13 Å². The molecule has 0 saturated heterocycles. The molecule has 2 aromatic rings. The fourth-order valence-corrected chi connectivity index (χ4v) is 2.29. The highest BCUT2D eigenvalue weighted by Gasteiger charge is 2.08. The molecule has 6 nitrogen and oxygen atoms in total. The first-order valence-corrected chi connectivity index (χ1v) is 7.35. The van der Waals surface area contributed by atoms with E-state index in [0.29, 0.717) is 23.7 Å². The molecule has 0 fully saturated rings. The number of benzene rings is 1. The van der Waals surface area contributed by atoms with E-state index in [9.17, 15) is 0 Å². The zero-order chi connectivity index (χ0) is 15.1. The van der Waals surface area contributed by atoms with Crippen LogP contribution >= 0.6 is 11.3 Å². The minimum Gasteiger partial charge on any atom is -0.493 e. The van der Waals surface area contributed by atoms with Gasteiger partial charge in [-0.15, -0.1) is 10.2 Å². The second kappa shape index (κ2) is 7.45. The lowest BCUT2D eigenvalue weighted by Gasteiger charge is -2.09. The lowest BCUT2D eigenvalue weighted by molar-refractivity contribution is 0.283. The molecule has 0 amide bonds. The summed E-state index contributed by atoms with van der Waals surface area (Å²) in [6, 6.07) is 7.11. The first kappa shape index (κ1) is 15.1.